The van der Waals surface area contributed by atoms with E-state index in [0.29, 0.717) is 18.1 Å². The maximum Gasteiger partial charge on any atom is 0.309 e. The van der Waals surface area contributed by atoms with Crippen LogP contribution in [0, 0.1) is 6.92 Å². The number of carbonyl (C=O) groups is 2. The van der Waals surface area contributed by atoms with Crippen molar-refractivity contribution < 1.29 is 9.59 Å². The Morgan fingerprint density at radius 3 is 2.71 bits per heavy atom. The summed E-state index contributed by atoms with van der Waals surface area (Å²) in [6, 6.07) is 1.67. The van der Waals surface area contributed by atoms with E-state index in [4.69, 9.17) is 5.73 Å². The molecule has 1 rings (SSSR count). The molecular weight excluding hydrogens is 222 g/mol. The van der Waals surface area contributed by atoms with Gasteiger partial charge in [-0.05, 0) is 13.0 Å². The van der Waals surface area contributed by atoms with Crippen molar-refractivity contribution in [2.45, 2.75) is 13.5 Å². The van der Waals surface area contributed by atoms with Gasteiger partial charge in [0.2, 0.25) is 0 Å². The number of hydrogen-bond donors (Lipinski definition) is 3. The van der Waals surface area contributed by atoms with Crippen molar-refractivity contribution in [3.63, 3.8) is 0 Å². The molecule has 0 fully saturated rings. The zero-order valence-electron chi connectivity index (χ0n) is 9.56. The molecule has 0 bridgehead atoms. The lowest BCUT2D eigenvalue weighted by atomic mass is 10.4. The standard InChI is InChI=1S/C10H15N5O2/c1-7-12-4-2-8(15-7)6-14-10(17)9(16)13-5-3-11/h2,4H,3,5-6,11H2,1H3,(H,13,16)(H,14,17). The second-order valence-corrected chi connectivity index (χ2v) is 3.32. The number of aromatic nitrogens is 2. The van der Waals surface area contributed by atoms with Crippen molar-refractivity contribution in [2.24, 2.45) is 5.73 Å². The Balaban J connectivity index is 2.40. The Morgan fingerprint density at radius 1 is 1.35 bits per heavy atom. The molecule has 17 heavy (non-hydrogen) atoms. The fourth-order valence-electron chi connectivity index (χ4n) is 1.12. The van der Waals surface area contributed by atoms with Crippen LogP contribution in [0.15, 0.2) is 12.3 Å². The number of amides is 2. The first-order valence-corrected chi connectivity index (χ1v) is 5.18. The molecule has 0 saturated heterocycles. The van der Waals surface area contributed by atoms with Crippen molar-refractivity contribution in [1.29, 1.82) is 0 Å². The van der Waals surface area contributed by atoms with E-state index in [1.54, 1.807) is 19.2 Å². The minimum Gasteiger partial charge on any atom is -0.347 e. The highest BCUT2D eigenvalue weighted by molar-refractivity contribution is 6.35. The average Bonchev–Trinajstić information content (AvgIpc) is 2.33. The molecular formula is C10H15N5O2. The molecule has 4 N–H and O–H groups in total. The monoisotopic (exact) mass is 237 g/mol. The Bertz CT molecular complexity index is 407. The second-order valence-electron chi connectivity index (χ2n) is 3.32. The van der Waals surface area contributed by atoms with Gasteiger partial charge >= 0.3 is 11.8 Å². The van der Waals surface area contributed by atoms with Crippen LogP contribution >= 0.6 is 0 Å². The van der Waals surface area contributed by atoms with Gasteiger partial charge in [0.1, 0.15) is 5.82 Å². The largest absolute Gasteiger partial charge is 0.347 e. The Hall–Kier alpha value is -2.02. The minimum atomic E-state index is -0.699. The Morgan fingerprint density at radius 2 is 2.06 bits per heavy atom. The van der Waals surface area contributed by atoms with Crippen molar-refractivity contribution in [1.82, 2.24) is 20.6 Å². The second kappa shape index (κ2) is 6.54. The topological polar surface area (TPSA) is 110 Å². The number of nitrogens with zero attached hydrogens (tertiary/aromatic N) is 2. The van der Waals surface area contributed by atoms with E-state index in [0.717, 1.165) is 0 Å². The number of nitrogens with one attached hydrogen (secondary N) is 2. The first kappa shape index (κ1) is 13.0. The van der Waals surface area contributed by atoms with E-state index in [1.165, 1.54) is 0 Å². The molecule has 1 aromatic heterocycles. The number of rotatable bonds is 4. The third kappa shape index (κ3) is 4.56. The van der Waals surface area contributed by atoms with Gasteiger partial charge < -0.3 is 16.4 Å². The zero-order valence-corrected chi connectivity index (χ0v) is 9.56. The molecule has 7 heteroatoms. The lowest BCUT2D eigenvalue weighted by Crippen LogP contribution is -2.41. The van der Waals surface area contributed by atoms with Crippen molar-refractivity contribution >= 4 is 11.8 Å². The van der Waals surface area contributed by atoms with E-state index in [9.17, 15) is 9.59 Å². The van der Waals surface area contributed by atoms with Gasteiger partial charge in [-0.15, -0.1) is 0 Å². The van der Waals surface area contributed by atoms with Gasteiger partial charge in [0, 0.05) is 19.3 Å². The van der Waals surface area contributed by atoms with Gasteiger partial charge in [0.15, 0.2) is 0 Å². The van der Waals surface area contributed by atoms with E-state index >= 15 is 0 Å². The molecule has 0 aromatic carbocycles. The van der Waals surface area contributed by atoms with E-state index in [2.05, 4.69) is 20.6 Å². The number of aryl methyl sites for hydroxylation is 1. The number of hydrogen-bond acceptors (Lipinski definition) is 5. The van der Waals surface area contributed by atoms with Crippen LogP contribution in [-0.4, -0.2) is 34.9 Å². The van der Waals surface area contributed by atoms with Gasteiger partial charge in [-0.1, -0.05) is 0 Å². The first-order valence-electron chi connectivity index (χ1n) is 5.18. The first-order chi connectivity index (χ1) is 8.13. The molecule has 0 saturated carbocycles. The van der Waals surface area contributed by atoms with Gasteiger partial charge in [0.25, 0.3) is 0 Å². The molecule has 0 unspecified atom stereocenters. The Kier molecular flexibility index (Phi) is 5.02. The van der Waals surface area contributed by atoms with E-state index in [-0.39, 0.29) is 13.1 Å². The molecule has 0 aliphatic rings. The van der Waals surface area contributed by atoms with E-state index < -0.39 is 11.8 Å². The summed E-state index contributed by atoms with van der Waals surface area (Å²) in [6.45, 7) is 2.51. The molecule has 0 radical (unpaired) electrons. The highest BCUT2D eigenvalue weighted by Gasteiger charge is 2.11. The third-order valence-electron chi connectivity index (χ3n) is 1.90. The van der Waals surface area contributed by atoms with Gasteiger partial charge in [0.05, 0.1) is 12.2 Å². The molecule has 0 aliphatic carbocycles. The average molecular weight is 237 g/mol. The van der Waals surface area contributed by atoms with Crippen LogP contribution < -0.4 is 16.4 Å². The maximum absolute atomic E-state index is 11.3. The summed E-state index contributed by atoms with van der Waals surface area (Å²) in [5, 5.41) is 4.82. The van der Waals surface area contributed by atoms with Crippen LogP contribution in [-0.2, 0) is 16.1 Å². The molecule has 1 heterocycles. The molecule has 2 amide bonds. The molecule has 0 aliphatic heterocycles. The SMILES string of the molecule is Cc1nccc(CNC(=O)C(=O)NCCN)n1. The maximum atomic E-state index is 11.3. The quantitative estimate of drug-likeness (QED) is 0.551. The molecule has 7 nitrogen and oxygen atoms in total. The molecule has 0 spiro atoms. The van der Waals surface area contributed by atoms with Gasteiger partial charge in [-0.3, -0.25) is 9.59 Å². The summed E-state index contributed by atoms with van der Waals surface area (Å²) in [5.41, 5.74) is 5.85. The fourth-order valence-corrected chi connectivity index (χ4v) is 1.12. The van der Waals surface area contributed by atoms with Gasteiger partial charge in [-0.25, -0.2) is 9.97 Å². The lowest BCUT2D eigenvalue weighted by Gasteiger charge is -2.05. The van der Waals surface area contributed by atoms with E-state index in [1.807, 2.05) is 0 Å². The summed E-state index contributed by atoms with van der Waals surface area (Å²) >= 11 is 0. The molecule has 92 valence electrons. The van der Waals surface area contributed by atoms with Crippen molar-refractivity contribution in [3.05, 3.63) is 23.8 Å². The van der Waals surface area contributed by atoms with Gasteiger partial charge in [-0.2, -0.15) is 0 Å². The summed E-state index contributed by atoms with van der Waals surface area (Å²) in [6.07, 6.45) is 1.60. The number of carbonyl (C=O) groups excluding carboxylic acids is 2. The minimum absolute atomic E-state index is 0.193. The lowest BCUT2D eigenvalue weighted by molar-refractivity contribution is -0.139. The molecule has 1 aromatic rings. The van der Waals surface area contributed by atoms with Crippen LogP contribution in [0.3, 0.4) is 0 Å². The highest BCUT2D eigenvalue weighted by atomic mass is 16.2. The van der Waals surface area contributed by atoms with Crippen LogP contribution in [0.5, 0.6) is 0 Å². The third-order valence-corrected chi connectivity index (χ3v) is 1.90. The van der Waals surface area contributed by atoms with Crippen molar-refractivity contribution in [3.8, 4) is 0 Å². The van der Waals surface area contributed by atoms with Crippen LogP contribution in [0.25, 0.3) is 0 Å². The Labute approximate surface area is 98.8 Å². The summed E-state index contributed by atoms with van der Waals surface area (Å²) < 4.78 is 0. The summed E-state index contributed by atoms with van der Waals surface area (Å²) in [7, 11) is 0. The van der Waals surface area contributed by atoms with Crippen LogP contribution in [0.2, 0.25) is 0 Å². The predicted molar refractivity (Wildman–Crippen MR) is 60.7 cm³/mol. The zero-order chi connectivity index (χ0) is 12.7. The summed E-state index contributed by atoms with van der Waals surface area (Å²) in [5.74, 6) is -0.778. The number of nitrogens with two attached hydrogens (primary N) is 1. The molecule has 0 atom stereocenters. The normalized spacial score (nSPS) is 9.76. The summed E-state index contributed by atoms with van der Waals surface area (Å²) in [4.78, 5) is 30.5. The highest BCUT2D eigenvalue weighted by Crippen LogP contribution is 1.93. The predicted octanol–water partition coefficient (Wildman–Crippen LogP) is -1.52. The van der Waals surface area contributed by atoms with Crippen LogP contribution in [0.4, 0.5) is 0 Å². The van der Waals surface area contributed by atoms with Crippen LogP contribution in [0.1, 0.15) is 11.5 Å². The fraction of sp³-hybridized carbons (Fsp3) is 0.400. The van der Waals surface area contributed by atoms with Crippen molar-refractivity contribution in [2.75, 3.05) is 13.1 Å². The smallest absolute Gasteiger partial charge is 0.309 e.